The van der Waals surface area contributed by atoms with Gasteiger partial charge in [0.05, 0.1) is 16.9 Å². The van der Waals surface area contributed by atoms with E-state index < -0.39 is 16.1 Å². The fraction of sp³-hybridized carbons (Fsp3) is 0.273. The lowest BCUT2D eigenvalue weighted by molar-refractivity contribution is -0.386. The number of ether oxygens (including phenoxy) is 2. The van der Waals surface area contributed by atoms with Crippen LogP contribution in [0.1, 0.15) is 18.4 Å². The van der Waals surface area contributed by atoms with E-state index in [2.05, 4.69) is 4.98 Å². The molecule has 1 aromatic carbocycles. The fourth-order valence-electron chi connectivity index (χ4n) is 3.55. The largest absolute Gasteiger partial charge is 0.493 e. The van der Waals surface area contributed by atoms with E-state index in [1.54, 1.807) is 17.0 Å². The normalized spacial score (nSPS) is 16.9. The van der Waals surface area contributed by atoms with Crippen LogP contribution in [0.5, 0.6) is 17.4 Å². The summed E-state index contributed by atoms with van der Waals surface area (Å²) >= 11 is 0.757. The number of hydrogen-bond acceptors (Lipinski definition) is 9. The number of methoxy groups -OCH3 is 1. The zero-order valence-electron chi connectivity index (χ0n) is 18.1. The average molecular weight is 484 g/mol. The third kappa shape index (κ3) is 4.86. The van der Waals surface area contributed by atoms with Crippen LogP contribution in [0.3, 0.4) is 0 Å². The van der Waals surface area contributed by atoms with Crippen molar-refractivity contribution in [1.82, 2.24) is 14.8 Å². The first-order valence-corrected chi connectivity index (χ1v) is 11.2. The predicted octanol–water partition coefficient (Wildman–Crippen LogP) is 3.45. The molecule has 0 atom stereocenters. The van der Waals surface area contributed by atoms with Gasteiger partial charge in [0, 0.05) is 25.4 Å². The van der Waals surface area contributed by atoms with Crippen molar-refractivity contribution < 1.29 is 28.8 Å². The zero-order chi connectivity index (χ0) is 24.2. The molecule has 0 aliphatic carbocycles. The molecule has 0 unspecified atom stereocenters. The molecule has 0 bridgehead atoms. The number of aromatic nitrogens is 1. The zero-order valence-corrected chi connectivity index (χ0v) is 18.9. The number of nitro groups is 1. The highest BCUT2D eigenvalue weighted by atomic mass is 32.2. The van der Waals surface area contributed by atoms with Crippen LogP contribution in [0.15, 0.2) is 41.4 Å². The first kappa shape index (κ1) is 23.2. The summed E-state index contributed by atoms with van der Waals surface area (Å²) in [5.74, 6) is -0.538. The van der Waals surface area contributed by atoms with Crippen molar-refractivity contribution in [3.8, 4) is 17.4 Å². The van der Waals surface area contributed by atoms with Crippen molar-refractivity contribution in [3.05, 3.63) is 57.1 Å². The maximum atomic E-state index is 12.8. The maximum absolute atomic E-state index is 12.8. The topological polar surface area (TPSA) is 132 Å². The van der Waals surface area contributed by atoms with Crippen molar-refractivity contribution in [2.24, 2.45) is 0 Å². The quantitative estimate of drug-likeness (QED) is 0.329. The summed E-state index contributed by atoms with van der Waals surface area (Å²) in [5.41, 5.74) is 0.238. The Bertz CT molecular complexity index is 1190. The van der Waals surface area contributed by atoms with Gasteiger partial charge in [-0.05, 0) is 54.4 Å². The van der Waals surface area contributed by atoms with Crippen molar-refractivity contribution in [3.63, 3.8) is 0 Å². The van der Waals surface area contributed by atoms with E-state index >= 15 is 0 Å². The molecule has 0 N–H and O–H groups in total. The molecule has 2 saturated heterocycles. The van der Waals surface area contributed by atoms with E-state index in [0.717, 1.165) is 29.5 Å². The van der Waals surface area contributed by atoms with Crippen molar-refractivity contribution in [1.29, 1.82) is 0 Å². The van der Waals surface area contributed by atoms with Gasteiger partial charge in [-0.2, -0.15) is 0 Å². The number of hydrogen-bond donors (Lipinski definition) is 0. The van der Waals surface area contributed by atoms with Gasteiger partial charge in [0.2, 0.25) is 5.91 Å². The van der Waals surface area contributed by atoms with Gasteiger partial charge >= 0.3 is 5.69 Å². The number of benzene rings is 1. The Balaban J connectivity index is 1.52. The van der Waals surface area contributed by atoms with Crippen molar-refractivity contribution in [2.75, 3.05) is 26.7 Å². The molecule has 0 saturated carbocycles. The number of likely N-dealkylation sites (tertiary alicyclic amines) is 1. The third-order valence-corrected chi connectivity index (χ3v) is 6.17. The summed E-state index contributed by atoms with van der Waals surface area (Å²) in [6, 6.07) is 7.39. The van der Waals surface area contributed by atoms with E-state index in [9.17, 15) is 24.5 Å². The third-order valence-electron chi connectivity index (χ3n) is 5.27. The summed E-state index contributed by atoms with van der Waals surface area (Å²) < 4.78 is 10.9. The number of nitrogens with zero attached hydrogens (tertiary/aromatic N) is 4. The molecular weight excluding hydrogens is 464 g/mol. The number of imide groups is 1. The molecule has 34 heavy (non-hydrogen) atoms. The minimum atomic E-state index is -0.603. The van der Waals surface area contributed by atoms with Crippen LogP contribution in [-0.2, 0) is 9.59 Å². The van der Waals surface area contributed by atoms with Crippen LogP contribution in [0.2, 0.25) is 0 Å². The molecule has 4 rings (SSSR count). The summed E-state index contributed by atoms with van der Waals surface area (Å²) in [6.07, 6.45) is 4.72. The van der Waals surface area contributed by atoms with Crippen LogP contribution in [0, 0.1) is 10.1 Å². The Morgan fingerprint density at radius 1 is 1.24 bits per heavy atom. The molecular formula is C22H20N4O7S. The number of amides is 3. The first-order valence-electron chi connectivity index (χ1n) is 10.4. The van der Waals surface area contributed by atoms with E-state index in [-0.39, 0.29) is 40.4 Å². The predicted molar refractivity (Wildman–Crippen MR) is 122 cm³/mol. The molecule has 12 heteroatoms. The van der Waals surface area contributed by atoms with Gasteiger partial charge in [-0.25, -0.2) is 4.98 Å². The number of rotatable bonds is 7. The van der Waals surface area contributed by atoms with Gasteiger partial charge in [-0.3, -0.25) is 29.4 Å². The molecule has 2 fully saturated rings. The molecule has 2 aromatic rings. The van der Waals surface area contributed by atoms with E-state index in [1.807, 2.05) is 0 Å². The highest BCUT2D eigenvalue weighted by Crippen LogP contribution is 2.37. The van der Waals surface area contributed by atoms with Gasteiger partial charge < -0.3 is 14.4 Å². The monoisotopic (exact) mass is 484 g/mol. The minimum Gasteiger partial charge on any atom is -0.493 e. The van der Waals surface area contributed by atoms with Crippen LogP contribution in [0.25, 0.3) is 6.08 Å². The van der Waals surface area contributed by atoms with Gasteiger partial charge in [0.1, 0.15) is 6.54 Å². The minimum absolute atomic E-state index is 0.176. The second kappa shape index (κ2) is 9.91. The highest BCUT2D eigenvalue weighted by Gasteiger charge is 2.37. The molecule has 2 aliphatic heterocycles. The Labute approximate surface area is 198 Å². The lowest BCUT2D eigenvalue weighted by Crippen LogP contribution is -2.40. The van der Waals surface area contributed by atoms with Gasteiger partial charge in [0.25, 0.3) is 17.0 Å². The maximum Gasteiger partial charge on any atom is 0.331 e. The number of carbonyl (C=O) groups excluding carboxylic acids is 3. The van der Waals surface area contributed by atoms with Crippen LogP contribution >= 0.6 is 11.8 Å². The van der Waals surface area contributed by atoms with Gasteiger partial charge in [-0.15, -0.1) is 0 Å². The number of thioether (sulfide) groups is 1. The van der Waals surface area contributed by atoms with Crippen LogP contribution < -0.4 is 9.47 Å². The molecule has 3 heterocycles. The molecule has 11 nitrogen and oxygen atoms in total. The summed E-state index contributed by atoms with van der Waals surface area (Å²) in [7, 11) is 1.40. The van der Waals surface area contributed by atoms with E-state index in [0.29, 0.717) is 18.7 Å². The van der Waals surface area contributed by atoms with Gasteiger partial charge in [0.15, 0.2) is 11.5 Å². The van der Waals surface area contributed by atoms with Crippen molar-refractivity contribution in [2.45, 2.75) is 12.8 Å². The SMILES string of the molecule is COc1cc(/C=C2\SC(=O)N(CC(=O)N3CCCC3)C2=O)ccc1Oc1ncccc1[N+](=O)[O-]. The molecule has 2 aliphatic rings. The standard InChI is InChI=1S/C22H20N4O7S/c1-32-17-11-14(6-7-16(17)33-20-15(26(30)31)5-4-8-23-20)12-18-21(28)25(22(29)34-18)13-19(27)24-9-2-3-10-24/h4-8,11-12H,2-3,9-10,13H2,1H3/b18-12-. The Morgan fingerprint density at radius 2 is 2.00 bits per heavy atom. The van der Waals surface area contributed by atoms with Crippen molar-refractivity contribution >= 4 is 40.6 Å². The van der Waals surface area contributed by atoms with Crippen LogP contribution in [0.4, 0.5) is 10.5 Å². The smallest absolute Gasteiger partial charge is 0.331 e. The Morgan fingerprint density at radius 3 is 2.71 bits per heavy atom. The Kier molecular flexibility index (Phi) is 6.77. The van der Waals surface area contributed by atoms with E-state index in [1.165, 1.54) is 37.6 Å². The summed E-state index contributed by atoms with van der Waals surface area (Å²) in [6.45, 7) is 1.00. The molecule has 3 amide bonds. The molecule has 1 aromatic heterocycles. The molecule has 0 spiro atoms. The Hall–Kier alpha value is -3.93. The van der Waals surface area contributed by atoms with E-state index in [4.69, 9.17) is 9.47 Å². The first-order chi connectivity index (χ1) is 16.4. The average Bonchev–Trinajstić information content (AvgIpc) is 3.45. The molecule has 0 radical (unpaired) electrons. The number of pyridine rings is 1. The molecule has 176 valence electrons. The summed E-state index contributed by atoms with van der Waals surface area (Å²) in [4.78, 5) is 54.7. The van der Waals surface area contributed by atoms with Gasteiger partial charge in [-0.1, -0.05) is 6.07 Å². The fourth-order valence-corrected chi connectivity index (χ4v) is 4.39. The second-order valence-corrected chi connectivity index (χ2v) is 8.45. The van der Waals surface area contributed by atoms with Crippen LogP contribution in [-0.4, -0.2) is 63.5 Å². The number of carbonyl (C=O) groups is 3. The lowest BCUT2D eigenvalue weighted by atomic mass is 10.2. The second-order valence-electron chi connectivity index (χ2n) is 7.45. The highest BCUT2D eigenvalue weighted by molar-refractivity contribution is 8.18. The lowest BCUT2D eigenvalue weighted by Gasteiger charge is -2.18. The summed E-state index contributed by atoms with van der Waals surface area (Å²) in [5, 5.41) is 10.7.